The summed E-state index contributed by atoms with van der Waals surface area (Å²) in [7, 11) is 3.00. The molecule has 0 aromatic heterocycles. The minimum absolute atomic E-state index is 0.221. The molecule has 6 nitrogen and oxygen atoms in total. The van der Waals surface area contributed by atoms with Crippen molar-refractivity contribution in [2.45, 2.75) is 26.8 Å². The predicted molar refractivity (Wildman–Crippen MR) is 78.1 cm³/mol. The van der Waals surface area contributed by atoms with Gasteiger partial charge in [0.15, 0.2) is 11.5 Å². The number of hydrogen-bond acceptors (Lipinski definition) is 4. The Labute approximate surface area is 124 Å². The second-order valence-electron chi connectivity index (χ2n) is 4.94. The Morgan fingerprint density at radius 1 is 1.19 bits per heavy atom. The highest BCUT2D eigenvalue weighted by molar-refractivity contribution is 5.98. The van der Waals surface area contributed by atoms with Crippen LogP contribution in [-0.4, -0.2) is 48.7 Å². The van der Waals surface area contributed by atoms with Gasteiger partial charge in [0.1, 0.15) is 6.54 Å². The van der Waals surface area contributed by atoms with E-state index < -0.39 is 5.97 Å². The molecule has 0 unspecified atom stereocenters. The molecule has 0 spiro atoms. The van der Waals surface area contributed by atoms with Gasteiger partial charge in [0.25, 0.3) is 5.91 Å². The third-order valence-corrected chi connectivity index (χ3v) is 3.15. The van der Waals surface area contributed by atoms with Crippen molar-refractivity contribution in [2.75, 3.05) is 20.8 Å². The Morgan fingerprint density at radius 3 is 2.14 bits per heavy atom. The summed E-state index contributed by atoms with van der Waals surface area (Å²) >= 11 is 0. The molecule has 6 heteroatoms. The molecule has 21 heavy (non-hydrogen) atoms. The van der Waals surface area contributed by atoms with E-state index in [1.165, 1.54) is 19.1 Å². The zero-order valence-corrected chi connectivity index (χ0v) is 13.0. The van der Waals surface area contributed by atoms with Crippen molar-refractivity contribution in [1.82, 2.24) is 4.90 Å². The van der Waals surface area contributed by atoms with E-state index in [0.29, 0.717) is 22.6 Å². The largest absolute Gasteiger partial charge is 0.493 e. The lowest BCUT2D eigenvalue weighted by Crippen LogP contribution is -2.41. The first kappa shape index (κ1) is 16.8. The number of benzene rings is 1. The Bertz CT molecular complexity index is 539. The molecule has 0 heterocycles. The second-order valence-corrected chi connectivity index (χ2v) is 4.94. The topological polar surface area (TPSA) is 76.1 Å². The number of aliphatic carboxylic acids is 1. The molecular weight excluding hydrogens is 274 g/mol. The van der Waals surface area contributed by atoms with Gasteiger partial charge in [-0.2, -0.15) is 0 Å². The molecule has 0 aliphatic rings. The molecule has 1 rings (SSSR count). The molecule has 116 valence electrons. The van der Waals surface area contributed by atoms with Crippen molar-refractivity contribution in [3.05, 3.63) is 23.3 Å². The van der Waals surface area contributed by atoms with Gasteiger partial charge in [0.05, 0.1) is 14.2 Å². The van der Waals surface area contributed by atoms with Crippen LogP contribution >= 0.6 is 0 Å². The maximum atomic E-state index is 12.6. The normalized spacial score (nSPS) is 10.4. The lowest BCUT2D eigenvalue weighted by atomic mass is 10.1. The number of carboxylic acid groups (broad SMARTS) is 1. The van der Waals surface area contributed by atoms with Gasteiger partial charge in [-0.05, 0) is 38.5 Å². The fourth-order valence-corrected chi connectivity index (χ4v) is 2.00. The number of carbonyl (C=O) groups excluding carboxylic acids is 1. The van der Waals surface area contributed by atoms with Crippen molar-refractivity contribution in [2.24, 2.45) is 0 Å². The van der Waals surface area contributed by atoms with E-state index in [1.54, 1.807) is 32.9 Å². The van der Waals surface area contributed by atoms with Crippen LogP contribution in [0.5, 0.6) is 11.5 Å². The Hall–Kier alpha value is -2.24. The number of nitrogens with zero attached hydrogens (tertiary/aromatic N) is 1. The van der Waals surface area contributed by atoms with Crippen LogP contribution in [0.3, 0.4) is 0 Å². The summed E-state index contributed by atoms with van der Waals surface area (Å²) in [5.41, 5.74) is 1.11. The fourth-order valence-electron chi connectivity index (χ4n) is 2.00. The fraction of sp³-hybridized carbons (Fsp3) is 0.467. The minimum Gasteiger partial charge on any atom is -0.493 e. The predicted octanol–water partition coefficient (Wildman–Crippen LogP) is 1.95. The van der Waals surface area contributed by atoms with Gasteiger partial charge in [-0.1, -0.05) is 0 Å². The number of carboxylic acids is 1. The van der Waals surface area contributed by atoms with Crippen LogP contribution in [0.2, 0.25) is 0 Å². The minimum atomic E-state index is -1.05. The van der Waals surface area contributed by atoms with Gasteiger partial charge in [0.2, 0.25) is 0 Å². The summed E-state index contributed by atoms with van der Waals surface area (Å²) in [6.45, 7) is 4.98. The maximum absolute atomic E-state index is 12.6. The quantitative estimate of drug-likeness (QED) is 0.868. The number of ether oxygens (including phenoxy) is 2. The summed E-state index contributed by atoms with van der Waals surface area (Å²) < 4.78 is 10.4. The van der Waals surface area contributed by atoms with Gasteiger partial charge in [0, 0.05) is 11.6 Å². The first-order valence-corrected chi connectivity index (χ1v) is 6.57. The lowest BCUT2D eigenvalue weighted by molar-refractivity contribution is -0.138. The van der Waals surface area contributed by atoms with Gasteiger partial charge >= 0.3 is 5.97 Å². The van der Waals surface area contributed by atoms with Crippen molar-refractivity contribution in [3.8, 4) is 11.5 Å². The average Bonchev–Trinajstić information content (AvgIpc) is 2.43. The molecule has 1 aromatic carbocycles. The number of rotatable bonds is 6. The van der Waals surface area contributed by atoms with Crippen LogP contribution in [0, 0.1) is 6.92 Å². The summed E-state index contributed by atoms with van der Waals surface area (Å²) in [6.07, 6.45) is 0. The third kappa shape index (κ3) is 3.87. The van der Waals surface area contributed by atoms with Gasteiger partial charge < -0.3 is 19.5 Å². The van der Waals surface area contributed by atoms with Gasteiger partial charge in [-0.3, -0.25) is 9.59 Å². The van der Waals surface area contributed by atoms with E-state index in [4.69, 9.17) is 14.6 Å². The molecule has 0 aliphatic carbocycles. The summed E-state index contributed by atoms with van der Waals surface area (Å²) in [5.74, 6) is -0.424. The van der Waals surface area contributed by atoms with Crippen molar-refractivity contribution in [1.29, 1.82) is 0 Å². The average molecular weight is 295 g/mol. The van der Waals surface area contributed by atoms with Gasteiger partial charge in [-0.25, -0.2) is 0 Å². The molecule has 0 bridgehead atoms. The van der Waals surface area contributed by atoms with Gasteiger partial charge in [-0.15, -0.1) is 0 Å². The Morgan fingerprint density at radius 2 is 1.71 bits per heavy atom. The summed E-state index contributed by atoms with van der Waals surface area (Å²) in [4.78, 5) is 24.8. The van der Waals surface area contributed by atoms with Crippen molar-refractivity contribution in [3.63, 3.8) is 0 Å². The first-order valence-electron chi connectivity index (χ1n) is 6.57. The standard InChI is InChI=1S/C15H21NO5/c1-9(2)16(8-14(17)18)15(19)11-7-13(21-5)12(20-4)6-10(11)3/h6-7,9H,8H2,1-5H3,(H,17,18). The lowest BCUT2D eigenvalue weighted by Gasteiger charge is -2.26. The molecule has 0 fully saturated rings. The number of amides is 1. The SMILES string of the molecule is COc1cc(C)c(C(=O)N(CC(=O)O)C(C)C)cc1OC. The number of hydrogen-bond donors (Lipinski definition) is 1. The van der Waals surface area contributed by atoms with E-state index >= 15 is 0 Å². The van der Waals surface area contributed by atoms with Crippen LogP contribution < -0.4 is 9.47 Å². The molecule has 1 N–H and O–H groups in total. The van der Waals surface area contributed by atoms with Crippen LogP contribution in [0.1, 0.15) is 29.8 Å². The van der Waals surface area contributed by atoms with Crippen LogP contribution in [-0.2, 0) is 4.79 Å². The number of methoxy groups -OCH3 is 2. The van der Waals surface area contributed by atoms with Crippen LogP contribution in [0.4, 0.5) is 0 Å². The molecule has 0 radical (unpaired) electrons. The Balaban J connectivity index is 3.24. The Kier molecular flexibility index (Phi) is 5.58. The molecule has 0 saturated carbocycles. The molecule has 0 aliphatic heterocycles. The van der Waals surface area contributed by atoms with Crippen molar-refractivity contribution >= 4 is 11.9 Å². The number of aryl methyl sites for hydroxylation is 1. The summed E-state index contributed by atoms with van der Waals surface area (Å²) in [5, 5.41) is 8.94. The highest BCUT2D eigenvalue weighted by Gasteiger charge is 2.24. The maximum Gasteiger partial charge on any atom is 0.323 e. The highest BCUT2D eigenvalue weighted by atomic mass is 16.5. The third-order valence-electron chi connectivity index (χ3n) is 3.15. The highest BCUT2D eigenvalue weighted by Crippen LogP contribution is 2.31. The molecule has 0 atom stereocenters. The van der Waals surface area contributed by atoms with Crippen LogP contribution in [0.25, 0.3) is 0 Å². The smallest absolute Gasteiger partial charge is 0.323 e. The van der Waals surface area contributed by atoms with E-state index in [1.807, 2.05) is 0 Å². The zero-order chi connectivity index (χ0) is 16.2. The van der Waals surface area contributed by atoms with E-state index in [9.17, 15) is 9.59 Å². The number of carbonyl (C=O) groups is 2. The van der Waals surface area contributed by atoms with Crippen LogP contribution in [0.15, 0.2) is 12.1 Å². The molecular formula is C15H21NO5. The molecule has 1 aromatic rings. The molecule has 1 amide bonds. The summed E-state index contributed by atoms with van der Waals surface area (Å²) in [6, 6.07) is 3.06. The monoisotopic (exact) mass is 295 g/mol. The van der Waals surface area contributed by atoms with E-state index in [0.717, 1.165) is 0 Å². The van der Waals surface area contributed by atoms with Crippen molar-refractivity contribution < 1.29 is 24.2 Å². The first-order chi connectivity index (χ1) is 9.81. The molecule has 0 saturated heterocycles. The zero-order valence-electron chi connectivity index (χ0n) is 13.0. The van der Waals surface area contributed by atoms with E-state index in [-0.39, 0.29) is 18.5 Å². The van der Waals surface area contributed by atoms with E-state index in [2.05, 4.69) is 0 Å². The second kappa shape index (κ2) is 6.97.